The van der Waals surface area contributed by atoms with Crippen LogP contribution in [0.1, 0.15) is 51.0 Å². The van der Waals surface area contributed by atoms with Gasteiger partial charge < -0.3 is 21.5 Å². The highest BCUT2D eigenvalue weighted by Crippen LogP contribution is 2.22. The van der Waals surface area contributed by atoms with Crippen LogP contribution in [0.4, 0.5) is 11.4 Å². The molecule has 2 rings (SSSR count). The highest BCUT2D eigenvalue weighted by Gasteiger charge is 2.02. The number of aryl methyl sites for hydroxylation is 1. The maximum Gasteiger partial charge on any atom is 0.119 e. The monoisotopic (exact) mass is 482 g/mol. The normalized spacial score (nSPS) is 11.5. The van der Waals surface area contributed by atoms with Gasteiger partial charge in [-0.25, -0.2) is 0 Å². The van der Waals surface area contributed by atoms with Crippen molar-refractivity contribution in [1.82, 2.24) is 10.2 Å². The van der Waals surface area contributed by atoms with E-state index in [0.717, 1.165) is 69.3 Å². The standard InChI is InChI=1S/C28H46N6O/c1-2-3-8-25-9-11-26(12-10-25)32-33-27-13-15-28(16-14-27)35-24-7-5-4-6-19-31-20-23-34(21-17-29)22-18-30/h9-16,31H,2-8,17-24,29-30H2,1H3. The molecule has 0 fully saturated rings. The van der Waals surface area contributed by atoms with Crippen molar-refractivity contribution in [3.63, 3.8) is 0 Å². The first-order valence-electron chi connectivity index (χ1n) is 13.3. The summed E-state index contributed by atoms with van der Waals surface area (Å²) in [6.07, 6.45) is 8.20. The number of rotatable bonds is 20. The molecule has 7 heteroatoms. The van der Waals surface area contributed by atoms with E-state index in [1.807, 2.05) is 36.4 Å². The first-order valence-corrected chi connectivity index (χ1v) is 13.3. The molecule has 0 aliphatic heterocycles. The Morgan fingerprint density at radius 3 is 2.00 bits per heavy atom. The van der Waals surface area contributed by atoms with Crippen LogP contribution in [-0.4, -0.2) is 57.3 Å². The molecular weight excluding hydrogens is 436 g/mol. The molecule has 2 aromatic carbocycles. The van der Waals surface area contributed by atoms with Gasteiger partial charge in [0.25, 0.3) is 0 Å². The van der Waals surface area contributed by atoms with E-state index < -0.39 is 0 Å². The van der Waals surface area contributed by atoms with E-state index >= 15 is 0 Å². The minimum absolute atomic E-state index is 0.686. The van der Waals surface area contributed by atoms with Crippen molar-refractivity contribution in [3.8, 4) is 5.75 Å². The van der Waals surface area contributed by atoms with Crippen LogP contribution in [-0.2, 0) is 6.42 Å². The van der Waals surface area contributed by atoms with E-state index in [1.54, 1.807) is 0 Å². The van der Waals surface area contributed by atoms with Crippen molar-refractivity contribution < 1.29 is 4.74 Å². The minimum atomic E-state index is 0.686. The van der Waals surface area contributed by atoms with Crippen molar-refractivity contribution >= 4 is 11.4 Å². The minimum Gasteiger partial charge on any atom is -0.494 e. The van der Waals surface area contributed by atoms with Gasteiger partial charge in [-0.05, 0) is 74.2 Å². The van der Waals surface area contributed by atoms with Crippen molar-refractivity contribution in [2.45, 2.75) is 51.9 Å². The van der Waals surface area contributed by atoms with Crippen LogP contribution in [0.2, 0.25) is 0 Å². The summed E-state index contributed by atoms with van der Waals surface area (Å²) in [6.45, 7) is 9.21. The number of nitrogens with zero attached hydrogens (tertiary/aromatic N) is 3. The van der Waals surface area contributed by atoms with E-state index in [2.05, 4.69) is 39.5 Å². The molecule has 194 valence electrons. The number of unbranched alkanes of at least 4 members (excludes halogenated alkanes) is 4. The molecule has 0 saturated carbocycles. The lowest BCUT2D eigenvalue weighted by Crippen LogP contribution is -2.38. The van der Waals surface area contributed by atoms with E-state index in [-0.39, 0.29) is 0 Å². The summed E-state index contributed by atoms with van der Waals surface area (Å²) < 4.78 is 5.87. The van der Waals surface area contributed by atoms with Gasteiger partial charge in [0.05, 0.1) is 18.0 Å². The number of benzene rings is 2. The lowest BCUT2D eigenvalue weighted by atomic mass is 10.1. The van der Waals surface area contributed by atoms with Crippen LogP contribution in [0.3, 0.4) is 0 Å². The fraction of sp³-hybridized carbons (Fsp3) is 0.571. The molecule has 2 aromatic rings. The lowest BCUT2D eigenvalue weighted by Gasteiger charge is -2.20. The summed E-state index contributed by atoms with van der Waals surface area (Å²) in [7, 11) is 0. The Kier molecular flexibility index (Phi) is 15.6. The number of hydrogen-bond acceptors (Lipinski definition) is 7. The third-order valence-corrected chi connectivity index (χ3v) is 5.89. The fourth-order valence-corrected chi connectivity index (χ4v) is 3.79. The average Bonchev–Trinajstić information content (AvgIpc) is 2.89. The summed E-state index contributed by atoms with van der Waals surface area (Å²) in [5, 5.41) is 12.2. The zero-order valence-corrected chi connectivity index (χ0v) is 21.6. The molecule has 0 aromatic heterocycles. The van der Waals surface area contributed by atoms with Gasteiger partial charge in [0.15, 0.2) is 0 Å². The molecule has 0 aliphatic rings. The van der Waals surface area contributed by atoms with Crippen molar-refractivity contribution in [2.75, 3.05) is 52.4 Å². The number of nitrogens with one attached hydrogen (secondary N) is 1. The molecular formula is C28H46N6O. The predicted octanol–water partition coefficient (Wildman–Crippen LogP) is 5.19. The van der Waals surface area contributed by atoms with Crippen molar-refractivity contribution in [1.29, 1.82) is 0 Å². The Morgan fingerprint density at radius 1 is 0.743 bits per heavy atom. The molecule has 0 spiro atoms. The Morgan fingerprint density at radius 2 is 1.37 bits per heavy atom. The smallest absolute Gasteiger partial charge is 0.119 e. The van der Waals surface area contributed by atoms with Crippen LogP contribution in [0.25, 0.3) is 0 Å². The summed E-state index contributed by atoms with van der Waals surface area (Å²) in [6, 6.07) is 16.2. The SMILES string of the molecule is CCCCc1ccc(N=Nc2ccc(OCCCCCCNCCN(CCN)CCN)cc2)cc1. The number of nitrogens with two attached hydrogens (primary N) is 2. The van der Waals surface area contributed by atoms with Crippen molar-refractivity contribution in [3.05, 3.63) is 54.1 Å². The third-order valence-electron chi connectivity index (χ3n) is 5.89. The van der Waals surface area contributed by atoms with Crippen LogP contribution in [0.15, 0.2) is 58.8 Å². The van der Waals surface area contributed by atoms with E-state index in [1.165, 1.54) is 37.7 Å². The summed E-state index contributed by atoms with van der Waals surface area (Å²) >= 11 is 0. The van der Waals surface area contributed by atoms with E-state index in [4.69, 9.17) is 16.2 Å². The Balaban J connectivity index is 1.53. The number of hydrogen-bond donors (Lipinski definition) is 3. The van der Waals surface area contributed by atoms with Gasteiger partial charge in [0.1, 0.15) is 5.75 Å². The Bertz CT molecular complexity index is 788. The molecule has 0 radical (unpaired) electrons. The van der Waals surface area contributed by atoms with Crippen LogP contribution in [0, 0.1) is 0 Å². The molecule has 5 N–H and O–H groups in total. The van der Waals surface area contributed by atoms with Gasteiger partial charge in [-0.1, -0.05) is 38.3 Å². The van der Waals surface area contributed by atoms with E-state index in [0.29, 0.717) is 13.1 Å². The number of ether oxygens (including phenoxy) is 1. The number of azo groups is 1. The first-order chi connectivity index (χ1) is 17.2. The van der Waals surface area contributed by atoms with Gasteiger partial charge in [-0.15, -0.1) is 0 Å². The predicted molar refractivity (Wildman–Crippen MR) is 147 cm³/mol. The quantitative estimate of drug-likeness (QED) is 0.178. The Hall–Kier alpha value is -2.32. The maximum atomic E-state index is 5.87. The molecule has 0 amide bonds. The molecule has 7 nitrogen and oxygen atoms in total. The second-order valence-corrected chi connectivity index (χ2v) is 8.90. The molecule has 0 aliphatic carbocycles. The molecule has 35 heavy (non-hydrogen) atoms. The Labute approximate surface area is 212 Å². The highest BCUT2D eigenvalue weighted by atomic mass is 16.5. The second-order valence-electron chi connectivity index (χ2n) is 8.90. The molecule has 0 heterocycles. The maximum absolute atomic E-state index is 5.87. The molecule has 0 bridgehead atoms. The average molecular weight is 483 g/mol. The lowest BCUT2D eigenvalue weighted by molar-refractivity contribution is 0.287. The van der Waals surface area contributed by atoms with Crippen molar-refractivity contribution in [2.24, 2.45) is 21.7 Å². The zero-order chi connectivity index (χ0) is 25.0. The van der Waals surface area contributed by atoms with Gasteiger partial charge >= 0.3 is 0 Å². The van der Waals surface area contributed by atoms with Crippen LogP contribution >= 0.6 is 0 Å². The van der Waals surface area contributed by atoms with Crippen LogP contribution in [0.5, 0.6) is 5.75 Å². The second kappa shape index (κ2) is 18.9. The topological polar surface area (TPSA) is 101 Å². The van der Waals surface area contributed by atoms with Crippen LogP contribution < -0.4 is 21.5 Å². The highest BCUT2D eigenvalue weighted by molar-refractivity contribution is 5.43. The van der Waals surface area contributed by atoms with Gasteiger partial charge in [0, 0.05) is 39.3 Å². The molecule has 0 saturated heterocycles. The molecule has 0 atom stereocenters. The summed E-state index contributed by atoms with van der Waals surface area (Å²) in [4.78, 5) is 2.31. The van der Waals surface area contributed by atoms with Gasteiger partial charge in [-0.3, -0.25) is 4.90 Å². The largest absolute Gasteiger partial charge is 0.494 e. The van der Waals surface area contributed by atoms with Gasteiger partial charge in [-0.2, -0.15) is 10.2 Å². The summed E-state index contributed by atoms with van der Waals surface area (Å²) in [5.74, 6) is 0.880. The fourth-order valence-electron chi connectivity index (χ4n) is 3.79. The van der Waals surface area contributed by atoms with Gasteiger partial charge in [0.2, 0.25) is 0 Å². The zero-order valence-electron chi connectivity index (χ0n) is 21.6. The first kappa shape index (κ1) is 28.9. The third kappa shape index (κ3) is 13.4. The molecule has 0 unspecified atom stereocenters. The van der Waals surface area contributed by atoms with E-state index in [9.17, 15) is 0 Å². The summed E-state index contributed by atoms with van der Waals surface area (Å²) in [5.41, 5.74) is 14.3.